The molecule has 738 valence electrons. The molecule has 47 heteroatoms. The van der Waals surface area contributed by atoms with E-state index >= 15 is 0 Å². The molecule has 0 spiro atoms. The molecule has 0 aromatic rings. The Hall–Kier alpha value is -10.4. The maximum atomic E-state index is 13.5. The van der Waals surface area contributed by atoms with Crippen LogP contribution in [0.4, 0.5) is 0 Å². The second-order valence-corrected chi connectivity index (χ2v) is 31.1. The number of amides is 10. The van der Waals surface area contributed by atoms with Crippen LogP contribution in [0.25, 0.3) is 0 Å². The van der Waals surface area contributed by atoms with E-state index in [1.165, 1.54) is 20.8 Å². The van der Waals surface area contributed by atoms with Gasteiger partial charge in [-0.2, -0.15) is 0 Å². The van der Waals surface area contributed by atoms with Crippen LogP contribution in [0.1, 0.15) is 193 Å². The summed E-state index contributed by atoms with van der Waals surface area (Å²) in [5, 5.41) is 27.5. The van der Waals surface area contributed by atoms with Crippen LogP contribution in [0, 0.1) is 5.92 Å². The van der Waals surface area contributed by atoms with E-state index in [1.807, 2.05) is 0 Å². The SMILES string of the molecule is CC(=O)NC1C(OCCCCC(=O)NCCCNC(=O)CCOCC(COCCC(=O)NCCCNC(=O)CCCCOC2OC(COC(C)=O)C(OC(C)=O)C(OC(C)=O)C2NC(C)=O)(COCCC(=O)NCCCNC(=O)CCCCOC2OC(COC(C)=O)C(OC(C)=O)C(OC(C)=O)C2NC(C)=O)NC(=O)C(C)C)OC(COC(C)=O)C(OC(C)=O)C1OC(C)=O. The topological polar surface area (TPSA) is 611 Å². The highest BCUT2D eigenvalue weighted by Crippen LogP contribution is 2.32. The van der Waals surface area contributed by atoms with E-state index in [4.69, 9.17) is 85.3 Å². The van der Waals surface area contributed by atoms with Crippen molar-refractivity contribution in [1.29, 1.82) is 0 Å². The fourth-order valence-corrected chi connectivity index (χ4v) is 13.2. The van der Waals surface area contributed by atoms with Crippen molar-refractivity contribution in [3.8, 4) is 0 Å². The highest BCUT2D eigenvalue weighted by molar-refractivity contribution is 5.81. The van der Waals surface area contributed by atoms with E-state index in [2.05, 4.69) is 53.2 Å². The molecular formula is C83H134N10O37. The molecule has 0 bridgehead atoms. The fraction of sp³-hybridized carbons (Fsp3) is 0.771. The summed E-state index contributed by atoms with van der Waals surface area (Å²) in [7, 11) is 0. The molecule has 130 heavy (non-hydrogen) atoms. The molecular weight excluding hydrogens is 1730 g/mol. The number of ether oxygens (including phenoxy) is 18. The molecule has 3 heterocycles. The summed E-state index contributed by atoms with van der Waals surface area (Å²) >= 11 is 0. The van der Waals surface area contributed by atoms with Crippen molar-refractivity contribution in [2.24, 2.45) is 5.92 Å². The lowest BCUT2D eigenvalue weighted by Gasteiger charge is -2.44. The summed E-state index contributed by atoms with van der Waals surface area (Å²) in [5.41, 5.74) is -1.45. The van der Waals surface area contributed by atoms with E-state index in [9.17, 15) is 91.1 Å². The molecule has 3 saturated heterocycles. The Kier molecular flexibility index (Phi) is 54.9. The van der Waals surface area contributed by atoms with Crippen LogP contribution in [0.15, 0.2) is 0 Å². The predicted octanol–water partition coefficient (Wildman–Crippen LogP) is -1.89. The van der Waals surface area contributed by atoms with E-state index in [1.54, 1.807) is 13.8 Å². The minimum Gasteiger partial charge on any atom is -0.463 e. The Morgan fingerprint density at radius 3 is 0.731 bits per heavy atom. The highest BCUT2D eigenvalue weighted by atomic mass is 16.7. The van der Waals surface area contributed by atoms with Crippen LogP contribution in [-0.2, 0) is 176 Å². The van der Waals surface area contributed by atoms with Crippen molar-refractivity contribution >= 4 is 113 Å². The molecule has 0 aliphatic carbocycles. The van der Waals surface area contributed by atoms with Crippen molar-refractivity contribution in [2.45, 2.75) is 291 Å². The van der Waals surface area contributed by atoms with Gasteiger partial charge in [-0.1, -0.05) is 13.8 Å². The zero-order valence-electron chi connectivity index (χ0n) is 76.7. The highest BCUT2D eigenvalue weighted by Gasteiger charge is 2.55. The van der Waals surface area contributed by atoms with Gasteiger partial charge in [0, 0.05) is 187 Å². The van der Waals surface area contributed by atoms with Crippen molar-refractivity contribution in [3.63, 3.8) is 0 Å². The lowest BCUT2D eigenvalue weighted by molar-refractivity contribution is -0.277. The van der Waals surface area contributed by atoms with E-state index in [0.29, 0.717) is 57.8 Å². The third-order valence-corrected chi connectivity index (χ3v) is 18.9. The lowest BCUT2D eigenvalue weighted by atomic mass is 9.96. The number of carbonyl (C=O) groups excluding carboxylic acids is 19. The van der Waals surface area contributed by atoms with Crippen molar-refractivity contribution < 1.29 is 176 Å². The Morgan fingerprint density at radius 1 is 0.285 bits per heavy atom. The minimum absolute atomic E-state index is 0.00790. The number of esters is 9. The average Bonchev–Trinajstić information content (AvgIpc) is 0.794. The smallest absolute Gasteiger partial charge is 0.303 e. The Morgan fingerprint density at radius 2 is 0.515 bits per heavy atom. The Balaban J connectivity index is 1.57. The van der Waals surface area contributed by atoms with Crippen LogP contribution in [-0.4, -0.2) is 329 Å². The van der Waals surface area contributed by atoms with Gasteiger partial charge < -0.3 is 138 Å². The van der Waals surface area contributed by atoms with Gasteiger partial charge in [-0.05, 0) is 57.8 Å². The molecule has 10 N–H and O–H groups in total. The monoisotopic (exact) mass is 1860 g/mol. The lowest BCUT2D eigenvalue weighted by Crippen LogP contribution is -2.66. The Labute approximate surface area is 754 Å². The predicted molar refractivity (Wildman–Crippen MR) is 445 cm³/mol. The molecule has 15 atom stereocenters. The van der Waals surface area contributed by atoms with Crippen LogP contribution in [0.5, 0.6) is 0 Å². The first-order valence-electron chi connectivity index (χ1n) is 43.3. The van der Waals surface area contributed by atoms with Crippen LogP contribution in [0.3, 0.4) is 0 Å². The van der Waals surface area contributed by atoms with Crippen molar-refractivity contribution in [2.75, 3.05) is 119 Å². The maximum Gasteiger partial charge on any atom is 0.303 e. The summed E-state index contributed by atoms with van der Waals surface area (Å²) in [6.07, 6.45) is -12.4. The second-order valence-electron chi connectivity index (χ2n) is 31.1. The number of hydrogen-bond donors (Lipinski definition) is 10. The van der Waals surface area contributed by atoms with Gasteiger partial charge in [-0.3, -0.25) is 91.1 Å². The number of nitrogens with one attached hydrogen (secondary N) is 10. The summed E-state index contributed by atoms with van der Waals surface area (Å²) in [6.45, 7) is 15.6. The molecule has 0 saturated carbocycles. The molecule has 15 unspecified atom stereocenters. The first-order valence-corrected chi connectivity index (χ1v) is 43.3. The Bertz CT molecular complexity index is 3320. The molecule has 47 nitrogen and oxygen atoms in total. The van der Waals surface area contributed by atoms with Crippen molar-refractivity contribution in [1.82, 2.24) is 53.2 Å². The molecule has 0 aromatic carbocycles. The fourth-order valence-electron chi connectivity index (χ4n) is 13.2. The van der Waals surface area contributed by atoms with Gasteiger partial charge in [0.25, 0.3) is 0 Å². The van der Waals surface area contributed by atoms with E-state index < -0.39 is 218 Å². The summed E-state index contributed by atoms with van der Waals surface area (Å²) < 4.78 is 102. The molecule has 3 aliphatic heterocycles. The number of rotatable bonds is 62. The normalized spacial score (nSPS) is 22.0. The van der Waals surface area contributed by atoms with Crippen LogP contribution >= 0.6 is 0 Å². The van der Waals surface area contributed by atoms with Gasteiger partial charge in [0.1, 0.15) is 61.8 Å². The molecule has 0 radical (unpaired) electrons. The standard InChI is InChI=1S/C83H134N10O37/c1-48(2)79(112)93-83(45-113-39-27-67(109)87-33-21-30-84-64(106)24-15-18-36-116-80-70(90-49(3)94)76(125-58(12)103)73(122-55(9)100)61(128-80)42-119-52(6)97,46-114-40-28-68(110)88-34-22-31-85-65(107)25-16-19-37-117-81-71(91-50(4)95)77(126-59(13)104)74(123-56(10)101)62(129-81)43-120-53(7)98)47-115-41-29-69(111)89-35-23-32-86-66(108)26-17-20-38-118-82-72(92-51(5)96)78(127-60(14)105)75(124-57(11)102)63(130-82)44-121-54(8)99/h48,61-63,70-78,80-82H,15-47H2,1-14H3,(H,84,106)(H,85,107)(H,86,108)(H,87,109)(H,88,110)(H,89,111)(H,90,94)(H,91,95)(H,92,96)(H,93,112). The third-order valence-electron chi connectivity index (χ3n) is 18.9. The zero-order valence-corrected chi connectivity index (χ0v) is 76.7. The molecule has 10 amide bonds. The first-order chi connectivity index (χ1) is 61.6. The van der Waals surface area contributed by atoms with Gasteiger partial charge in [0.05, 0.1) is 39.6 Å². The average molecular weight is 1860 g/mol. The molecule has 3 rings (SSSR count). The summed E-state index contributed by atoms with van der Waals surface area (Å²) in [4.78, 5) is 236. The first kappa shape index (κ1) is 114. The quantitative estimate of drug-likeness (QED) is 0.0181. The number of carbonyl (C=O) groups is 19. The van der Waals surface area contributed by atoms with Gasteiger partial charge >= 0.3 is 53.7 Å². The van der Waals surface area contributed by atoms with Gasteiger partial charge in [-0.25, -0.2) is 0 Å². The van der Waals surface area contributed by atoms with Crippen LogP contribution < -0.4 is 53.2 Å². The number of hydrogen-bond acceptors (Lipinski definition) is 37. The van der Waals surface area contributed by atoms with Gasteiger partial charge in [0.2, 0.25) is 59.1 Å². The summed E-state index contributed by atoms with van der Waals surface area (Å²) in [5.74, 6) is -11.4. The van der Waals surface area contributed by atoms with Crippen molar-refractivity contribution in [3.05, 3.63) is 0 Å². The minimum atomic E-state index is -1.45. The third kappa shape index (κ3) is 48.5. The molecule has 3 aliphatic rings. The second kappa shape index (κ2) is 62.8. The molecule has 0 aromatic heterocycles. The van der Waals surface area contributed by atoms with Gasteiger partial charge in [-0.15, -0.1) is 0 Å². The van der Waals surface area contributed by atoms with E-state index in [-0.39, 0.29) is 155 Å². The number of unbranched alkanes of at least 4 members (excludes halogenated alkanes) is 3. The zero-order chi connectivity index (χ0) is 96.8. The van der Waals surface area contributed by atoms with Gasteiger partial charge in [0.15, 0.2) is 55.5 Å². The van der Waals surface area contributed by atoms with Crippen LogP contribution in [0.2, 0.25) is 0 Å². The van der Waals surface area contributed by atoms with E-state index in [0.717, 1.165) is 62.3 Å². The summed E-state index contributed by atoms with van der Waals surface area (Å²) in [6, 6.07) is -3.50. The maximum absolute atomic E-state index is 13.5. The molecule has 3 fully saturated rings. The largest absolute Gasteiger partial charge is 0.463 e.